The minimum absolute atomic E-state index is 0.163. The largest absolute Gasteiger partial charge is 0.497 e. The minimum Gasteiger partial charge on any atom is -0.497 e. The van der Waals surface area contributed by atoms with Gasteiger partial charge in [-0.15, -0.1) is 0 Å². The highest BCUT2D eigenvalue weighted by Crippen LogP contribution is 2.29. The summed E-state index contributed by atoms with van der Waals surface area (Å²) in [4.78, 5) is 14.3. The molecule has 7 heteroatoms. The van der Waals surface area contributed by atoms with Crippen LogP contribution in [0.1, 0.15) is 19.3 Å². The molecule has 1 aromatic rings. The minimum atomic E-state index is -3.54. The monoisotopic (exact) mass is 338 g/mol. The summed E-state index contributed by atoms with van der Waals surface area (Å²) in [6.45, 7) is 1.63. The molecule has 1 aromatic carbocycles. The number of ether oxygens (including phenoxy) is 1. The van der Waals surface area contributed by atoms with Crippen molar-refractivity contribution in [3.05, 3.63) is 24.3 Å². The summed E-state index contributed by atoms with van der Waals surface area (Å²) in [6, 6.07) is 6.49. The molecule has 3 rings (SSSR count). The molecule has 0 aromatic heterocycles. The zero-order chi connectivity index (χ0) is 16.4. The smallest absolute Gasteiger partial charge is 0.243 e. The van der Waals surface area contributed by atoms with Gasteiger partial charge in [0.15, 0.2) is 0 Å². The van der Waals surface area contributed by atoms with Crippen LogP contribution in [-0.2, 0) is 14.8 Å². The lowest BCUT2D eigenvalue weighted by molar-refractivity contribution is -0.139. The van der Waals surface area contributed by atoms with Crippen LogP contribution in [0.15, 0.2) is 29.2 Å². The quantitative estimate of drug-likeness (QED) is 0.831. The Kier molecular flexibility index (Phi) is 4.59. The molecule has 1 aliphatic carbocycles. The molecule has 0 N–H and O–H groups in total. The fourth-order valence-corrected chi connectivity index (χ4v) is 4.43. The average molecular weight is 338 g/mol. The summed E-state index contributed by atoms with van der Waals surface area (Å²) < 4.78 is 31.9. The van der Waals surface area contributed by atoms with Crippen LogP contribution in [0.25, 0.3) is 0 Å². The Labute approximate surface area is 137 Å². The molecular formula is C16H22N2O4S. The van der Waals surface area contributed by atoms with Crippen molar-refractivity contribution < 1.29 is 17.9 Å². The average Bonchev–Trinajstić information content (AvgIpc) is 2.53. The van der Waals surface area contributed by atoms with E-state index in [1.807, 2.05) is 0 Å². The highest BCUT2D eigenvalue weighted by Gasteiger charge is 2.34. The Hall–Kier alpha value is -1.60. The highest BCUT2D eigenvalue weighted by molar-refractivity contribution is 7.89. The van der Waals surface area contributed by atoms with Crippen molar-refractivity contribution in [3.8, 4) is 5.75 Å². The molecule has 23 heavy (non-hydrogen) atoms. The van der Waals surface area contributed by atoms with Crippen molar-refractivity contribution in [1.82, 2.24) is 9.21 Å². The SMILES string of the molecule is COc1cccc(S(=O)(=O)N2CCN(C(=O)C3CCC3)CC2)c1. The van der Waals surface area contributed by atoms with Crippen LogP contribution < -0.4 is 4.74 Å². The fraction of sp³-hybridized carbons (Fsp3) is 0.562. The van der Waals surface area contributed by atoms with Gasteiger partial charge in [0.05, 0.1) is 12.0 Å². The lowest BCUT2D eigenvalue weighted by Crippen LogP contribution is -2.52. The topological polar surface area (TPSA) is 66.9 Å². The number of rotatable bonds is 4. The standard InChI is InChI=1S/C16H22N2O4S/c1-22-14-6-3-7-15(12-14)23(20,21)18-10-8-17(9-11-18)16(19)13-4-2-5-13/h3,6-7,12-13H,2,4-5,8-11H2,1H3. The van der Waals surface area contributed by atoms with E-state index in [0.29, 0.717) is 31.9 Å². The van der Waals surface area contributed by atoms with Gasteiger partial charge in [-0.3, -0.25) is 4.79 Å². The van der Waals surface area contributed by atoms with E-state index in [0.717, 1.165) is 19.3 Å². The maximum atomic E-state index is 12.7. The van der Waals surface area contributed by atoms with Crippen LogP contribution in [0.4, 0.5) is 0 Å². The first kappa shape index (κ1) is 16.3. The van der Waals surface area contributed by atoms with Crippen molar-refractivity contribution in [1.29, 1.82) is 0 Å². The molecule has 126 valence electrons. The first-order valence-electron chi connectivity index (χ1n) is 7.95. The maximum Gasteiger partial charge on any atom is 0.243 e. The number of carbonyl (C=O) groups excluding carboxylic acids is 1. The molecule has 0 unspecified atom stereocenters. The molecule has 1 saturated carbocycles. The van der Waals surface area contributed by atoms with Crippen LogP contribution in [0, 0.1) is 5.92 Å². The van der Waals surface area contributed by atoms with E-state index in [2.05, 4.69) is 0 Å². The second kappa shape index (κ2) is 6.49. The molecule has 0 bridgehead atoms. The number of carbonyl (C=O) groups is 1. The Bertz CT molecular complexity index is 677. The van der Waals surface area contributed by atoms with Crippen LogP contribution in [0.2, 0.25) is 0 Å². The van der Waals surface area contributed by atoms with E-state index in [1.165, 1.54) is 17.5 Å². The second-order valence-electron chi connectivity index (χ2n) is 6.04. The molecule has 2 aliphatic rings. The van der Waals surface area contributed by atoms with Crippen LogP contribution >= 0.6 is 0 Å². The number of nitrogens with zero attached hydrogens (tertiary/aromatic N) is 2. The molecule has 1 saturated heterocycles. The van der Waals surface area contributed by atoms with E-state index >= 15 is 0 Å². The van der Waals surface area contributed by atoms with Crippen molar-refractivity contribution in [2.45, 2.75) is 24.2 Å². The normalized spacial score (nSPS) is 20.1. The van der Waals surface area contributed by atoms with Crippen LogP contribution in [0.5, 0.6) is 5.75 Å². The van der Waals surface area contributed by atoms with Gasteiger partial charge >= 0.3 is 0 Å². The van der Waals surface area contributed by atoms with E-state index in [1.54, 1.807) is 23.1 Å². The third-order valence-corrected chi connectivity index (χ3v) is 6.58. The van der Waals surface area contributed by atoms with Gasteiger partial charge in [0.1, 0.15) is 5.75 Å². The molecular weight excluding hydrogens is 316 g/mol. The molecule has 6 nitrogen and oxygen atoms in total. The molecule has 1 amide bonds. The summed E-state index contributed by atoms with van der Waals surface area (Å²) in [5.41, 5.74) is 0. The van der Waals surface area contributed by atoms with Gasteiger partial charge in [0.2, 0.25) is 15.9 Å². The lowest BCUT2D eigenvalue weighted by Gasteiger charge is -2.37. The molecule has 0 spiro atoms. The Balaban J connectivity index is 1.67. The predicted molar refractivity (Wildman–Crippen MR) is 85.7 cm³/mol. The predicted octanol–water partition coefficient (Wildman–Crippen LogP) is 1.33. The number of sulfonamides is 1. The first-order chi connectivity index (χ1) is 11.0. The van der Waals surface area contributed by atoms with Gasteiger partial charge in [-0.1, -0.05) is 12.5 Å². The zero-order valence-corrected chi connectivity index (χ0v) is 14.1. The van der Waals surface area contributed by atoms with Crippen LogP contribution in [0.3, 0.4) is 0 Å². The van der Waals surface area contributed by atoms with E-state index < -0.39 is 10.0 Å². The van der Waals surface area contributed by atoms with Crippen molar-refractivity contribution in [2.75, 3.05) is 33.3 Å². The molecule has 1 heterocycles. The van der Waals surface area contributed by atoms with Crippen molar-refractivity contribution in [3.63, 3.8) is 0 Å². The maximum absolute atomic E-state index is 12.7. The first-order valence-corrected chi connectivity index (χ1v) is 9.39. The zero-order valence-electron chi connectivity index (χ0n) is 13.3. The van der Waals surface area contributed by atoms with Gasteiger partial charge in [-0.05, 0) is 25.0 Å². The molecule has 2 fully saturated rings. The number of amides is 1. The van der Waals surface area contributed by atoms with E-state index in [4.69, 9.17) is 4.74 Å². The highest BCUT2D eigenvalue weighted by atomic mass is 32.2. The summed E-state index contributed by atoms with van der Waals surface area (Å²) >= 11 is 0. The third kappa shape index (κ3) is 3.21. The summed E-state index contributed by atoms with van der Waals surface area (Å²) in [7, 11) is -2.03. The van der Waals surface area contributed by atoms with Crippen molar-refractivity contribution >= 4 is 15.9 Å². The number of methoxy groups -OCH3 is 1. The Morgan fingerprint density at radius 3 is 2.43 bits per heavy atom. The van der Waals surface area contributed by atoms with Gasteiger partial charge in [0, 0.05) is 38.2 Å². The number of piperazine rings is 1. The summed E-state index contributed by atoms with van der Waals surface area (Å²) in [6.07, 6.45) is 3.07. The molecule has 0 radical (unpaired) electrons. The third-order valence-electron chi connectivity index (χ3n) is 4.68. The van der Waals surface area contributed by atoms with Gasteiger partial charge in [-0.25, -0.2) is 8.42 Å². The summed E-state index contributed by atoms with van der Waals surface area (Å²) in [5, 5.41) is 0. The Morgan fingerprint density at radius 2 is 1.87 bits per heavy atom. The van der Waals surface area contributed by atoms with Crippen LogP contribution in [-0.4, -0.2) is 56.8 Å². The fourth-order valence-electron chi connectivity index (χ4n) is 2.97. The van der Waals surface area contributed by atoms with Crippen molar-refractivity contribution in [2.24, 2.45) is 5.92 Å². The van der Waals surface area contributed by atoms with Gasteiger partial charge in [0.25, 0.3) is 0 Å². The number of hydrogen-bond donors (Lipinski definition) is 0. The lowest BCUT2D eigenvalue weighted by atomic mass is 9.84. The second-order valence-corrected chi connectivity index (χ2v) is 7.97. The van der Waals surface area contributed by atoms with E-state index in [9.17, 15) is 13.2 Å². The molecule has 0 atom stereocenters. The van der Waals surface area contributed by atoms with E-state index in [-0.39, 0.29) is 16.7 Å². The Morgan fingerprint density at radius 1 is 1.17 bits per heavy atom. The number of benzene rings is 1. The molecule has 1 aliphatic heterocycles. The summed E-state index contributed by atoms with van der Waals surface area (Å²) in [5.74, 6) is 0.871. The number of hydrogen-bond acceptors (Lipinski definition) is 4. The van der Waals surface area contributed by atoms with Gasteiger partial charge < -0.3 is 9.64 Å². The van der Waals surface area contributed by atoms with Gasteiger partial charge in [-0.2, -0.15) is 4.31 Å².